The van der Waals surface area contributed by atoms with Crippen molar-refractivity contribution in [1.29, 1.82) is 0 Å². The van der Waals surface area contributed by atoms with Crippen LogP contribution >= 0.6 is 11.6 Å². The molecule has 0 unspecified atom stereocenters. The summed E-state index contributed by atoms with van der Waals surface area (Å²) in [5.41, 5.74) is 1.13. The topological polar surface area (TPSA) is 56.1 Å². The number of nitrogens with one attached hydrogen (secondary N) is 1. The van der Waals surface area contributed by atoms with E-state index in [1.807, 2.05) is 0 Å². The Morgan fingerprint density at radius 2 is 2.29 bits per heavy atom. The number of carbonyl (C=O) groups is 1. The van der Waals surface area contributed by atoms with Crippen molar-refractivity contribution in [2.24, 2.45) is 7.05 Å². The summed E-state index contributed by atoms with van der Waals surface area (Å²) in [5.74, 6) is -0.913. The number of aryl methyl sites for hydroxylation is 1. The van der Waals surface area contributed by atoms with Gasteiger partial charge in [0.25, 0.3) is 0 Å². The van der Waals surface area contributed by atoms with Crippen molar-refractivity contribution < 1.29 is 13.9 Å². The molecule has 7 heteroatoms. The van der Waals surface area contributed by atoms with Crippen LogP contribution in [-0.2, 0) is 18.3 Å². The minimum absolute atomic E-state index is 0.190. The second kappa shape index (κ2) is 6.58. The predicted molar refractivity (Wildman–Crippen MR) is 77.9 cm³/mol. The lowest BCUT2D eigenvalue weighted by Crippen LogP contribution is -2.13. The van der Waals surface area contributed by atoms with Gasteiger partial charge in [-0.2, -0.15) is 5.10 Å². The number of carbonyl (C=O) groups excluding carboxylic acids is 1. The molecular formula is C14H15ClFN3O2. The van der Waals surface area contributed by atoms with Crippen LogP contribution in [-0.4, -0.2) is 22.4 Å². The average molecular weight is 312 g/mol. The van der Waals surface area contributed by atoms with Crippen LogP contribution in [0.15, 0.2) is 24.4 Å². The Labute approximate surface area is 126 Å². The van der Waals surface area contributed by atoms with E-state index in [1.165, 1.54) is 23.0 Å². The number of hydrogen-bond donors (Lipinski definition) is 1. The molecule has 0 aliphatic heterocycles. The van der Waals surface area contributed by atoms with Crippen LogP contribution in [0.25, 0.3) is 0 Å². The van der Waals surface area contributed by atoms with Gasteiger partial charge >= 0.3 is 5.97 Å². The van der Waals surface area contributed by atoms with Gasteiger partial charge in [0.15, 0.2) is 0 Å². The zero-order valence-corrected chi connectivity index (χ0v) is 12.4. The highest BCUT2D eigenvalue weighted by Crippen LogP contribution is 2.25. The van der Waals surface area contributed by atoms with E-state index in [0.717, 1.165) is 0 Å². The Morgan fingerprint density at radius 1 is 1.52 bits per heavy atom. The number of anilines is 1. The van der Waals surface area contributed by atoms with E-state index in [-0.39, 0.29) is 23.9 Å². The molecule has 2 aromatic rings. The van der Waals surface area contributed by atoms with E-state index in [9.17, 15) is 9.18 Å². The summed E-state index contributed by atoms with van der Waals surface area (Å²) in [6, 6.07) is 4.42. The number of para-hydroxylation sites is 1. The van der Waals surface area contributed by atoms with E-state index in [2.05, 4.69) is 10.4 Å². The summed E-state index contributed by atoms with van der Waals surface area (Å²) >= 11 is 5.94. The number of ether oxygens (including phenoxy) is 1. The number of hydrogen-bond acceptors (Lipinski definition) is 4. The number of benzene rings is 1. The van der Waals surface area contributed by atoms with Crippen molar-refractivity contribution in [3.05, 3.63) is 46.5 Å². The van der Waals surface area contributed by atoms with Gasteiger partial charge in [-0.3, -0.25) is 4.68 Å². The molecule has 1 aromatic carbocycles. The van der Waals surface area contributed by atoms with Gasteiger partial charge in [0.05, 0.1) is 35.8 Å². The first-order valence-corrected chi connectivity index (χ1v) is 6.78. The van der Waals surface area contributed by atoms with Crippen LogP contribution in [0.4, 0.5) is 10.1 Å². The highest BCUT2D eigenvalue weighted by Gasteiger charge is 2.17. The second-order valence-electron chi connectivity index (χ2n) is 4.30. The molecule has 0 saturated heterocycles. The Hall–Kier alpha value is -2.08. The number of halogens is 2. The van der Waals surface area contributed by atoms with Gasteiger partial charge < -0.3 is 10.1 Å². The summed E-state index contributed by atoms with van der Waals surface area (Å²) in [6.45, 7) is 2.20. The van der Waals surface area contributed by atoms with E-state index in [4.69, 9.17) is 16.3 Å². The van der Waals surface area contributed by atoms with Gasteiger partial charge in [0.1, 0.15) is 11.4 Å². The quantitative estimate of drug-likeness (QED) is 0.862. The largest absolute Gasteiger partial charge is 0.462 e. The third kappa shape index (κ3) is 3.33. The molecule has 0 radical (unpaired) electrons. The number of rotatable bonds is 5. The Bertz CT molecular complexity index is 637. The van der Waals surface area contributed by atoms with Crippen LogP contribution in [0, 0.1) is 5.82 Å². The Kier molecular flexibility index (Phi) is 4.80. The van der Waals surface area contributed by atoms with Crippen molar-refractivity contribution in [2.45, 2.75) is 13.5 Å². The minimum atomic E-state index is -0.456. The van der Waals surface area contributed by atoms with Crippen molar-refractivity contribution >= 4 is 23.3 Å². The molecule has 21 heavy (non-hydrogen) atoms. The molecule has 1 N–H and O–H groups in total. The molecule has 0 atom stereocenters. The second-order valence-corrected chi connectivity index (χ2v) is 4.71. The number of aromatic nitrogens is 2. The van der Waals surface area contributed by atoms with Crippen molar-refractivity contribution in [1.82, 2.24) is 9.78 Å². The summed E-state index contributed by atoms with van der Waals surface area (Å²) in [6.07, 6.45) is 1.43. The molecule has 0 aliphatic rings. The highest BCUT2D eigenvalue weighted by molar-refractivity contribution is 6.33. The van der Waals surface area contributed by atoms with E-state index in [1.54, 1.807) is 20.0 Å². The zero-order chi connectivity index (χ0) is 15.4. The number of esters is 1. The van der Waals surface area contributed by atoms with E-state index in [0.29, 0.717) is 11.3 Å². The number of nitrogens with zero attached hydrogens (tertiary/aromatic N) is 2. The monoisotopic (exact) mass is 311 g/mol. The summed E-state index contributed by atoms with van der Waals surface area (Å²) in [7, 11) is 1.70. The molecule has 0 saturated carbocycles. The van der Waals surface area contributed by atoms with Crippen LogP contribution in [0.1, 0.15) is 23.0 Å². The lowest BCUT2D eigenvalue weighted by Gasteiger charge is -2.11. The third-order valence-corrected chi connectivity index (χ3v) is 3.27. The first-order chi connectivity index (χ1) is 10.0. The molecule has 1 aromatic heterocycles. The molecule has 2 rings (SSSR count). The van der Waals surface area contributed by atoms with Crippen molar-refractivity contribution in [3.63, 3.8) is 0 Å². The normalized spacial score (nSPS) is 10.5. The Morgan fingerprint density at radius 3 is 2.95 bits per heavy atom. The molecule has 0 amide bonds. The lowest BCUT2D eigenvalue weighted by atomic mass is 10.2. The van der Waals surface area contributed by atoms with Crippen molar-refractivity contribution in [3.8, 4) is 0 Å². The van der Waals surface area contributed by atoms with Crippen LogP contribution in [0.5, 0.6) is 0 Å². The molecular weight excluding hydrogens is 297 g/mol. The SMILES string of the molecule is CCOC(=O)c1cnn(C)c1CNc1c(F)cccc1Cl. The maximum Gasteiger partial charge on any atom is 0.341 e. The highest BCUT2D eigenvalue weighted by atomic mass is 35.5. The predicted octanol–water partition coefficient (Wildman–Crippen LogP) is 3.00. The van der Waals surface area contributed by atoms with Crippen LogP contribution in [0.2, 0.25) is 5.02 Å². The molecule has 112 valence electrons. The van der Waals surface area contributed by atoms with Gasteiger partial charge in [0, 0.05) is 7.05 Å². The lowest BCUT2D eigenvalue weighted by molar-refractivity contribution is 0.0525. The van der Waals surface area contributed by atoms with E-state index < -0.39 is 11.8 Å². The van der Waals surface area contributed by atoms with Gasteiger partial charge in [0.2, 0.25) is 0 Å². The van der Waals surface area contributed by atoms with E-state index >= 15 is 0 Å². The summed E-state index contributed by atoms with van der Waals surface area (Å²) < 4.78 is 20.2. The van der Waals surface area contributed by atoms with Gasteiger partial charge in [-0.25, -0.2) is 9.18 Å². The first kappa shape index (κ1) is 15.3. The third-order valence-electron chi connectivity index (χ3n) is 2.95. The molecule has 0 bridgehead atoms. The maximum absolute atomic E-state index is 13.7. The first-order valence-electron chi connectivity index (χ1n) is 6.40. The fourth-order valence-corrected chi connectivity index (χ4v) is 2.12. The van der Waals surface area contributed by atoms with Crippen molar-refractivity contribution in [2.75, 3.05) is 11.9 Å². The average Bonchev–Trinajstić information content (AvgIpc) is 2.80. The fraction of sp³-hybridized carbons (Fsp3) is 0.286. The standard InChI is InChI=1S/C14H15ClFN3O2/c1-3-21-14(20)9-7-18-19(2)12(9)8-17-13-10(15)5-4-6-11(13)16/h4-7,17H,3,8H2,1-2H3. The van der Waals surface area contributed by atoms with Gasteiger partial charge in [-0.05, 0) is 19.1 Å². The summed E-state index contributed by atoms with van der Waals surface area (Å²) in [4.78, 5) is 11.8. The molecule has 5 nitrogen and oxygen atoms in total. The van der Waals surface area contributed by atoms with Gasteiger partial charge in [-0.1, -0.05) is 17.7 Å². The molecule has 0 spiro atoms. The maximum atomic E-state index is 13.7. The zero-order valence-electron chi connectivity index (χ0n) is 11.7. The smallest absolute Gasteiger partial charge is 0.341 e. The van der Waals surface area contributed by atoms with Crippen LogP contribution in [0.3, 0.4) is 0 Å². The molecule has 0 aliphatic carbocycles. The molecule has 1 heterocycles. The van der Waals surface area contributed by atoms with Gasteiger partial charge in [-0.15, -0.1) is 0 Å². The Balaban J connectivity index is 2.21. The summed E-state index contributed by atoms with van der Waals surface area (Å²) in [5, 5.41) is 7.19. The minimum Gasteiger partial charge on any atom is -0.462 e. The fourth-order valence-electron chi connectivity index (χ4n) is 1.89. The van der Waals surface area contributed by atoms with Crippen LogP contribution < -0.4 is 5.32 Å². The molecule has 0 fully saturated rings.